The summed E-state index contributed by atoms with van der Waals surface area (Å²) in [6, 6.07) is 24.3. The van der Waals surface area contributed by atoms with Crippen LogP contribution in [0.1, 0.15) is 25.0 Å². The van der Waals surface area contributed by atoms with Crippen LogP contribution < -0.4 is 14.4 Å². The molecule has 220 valence electrons. The molecule has 2 amide bonds. The second-order valence-corrected chi connectivity index (χ2v) is 12.4. The highest BCUT2D eigenvalue weighted by molar-refractivity contribution is 7.90. The van der Waals surface area contributed by atoms with Crippen LogP contribution in [-0.4, -0.2) is 69.8 Å². The van der Waals surface area contributed by atoms with E-state index in [1.807, 2.05) is 56.3 Å². The largest absolute Gasteiger partial charge is 0.497 e. The molecule has 3 aromatic carbocycles. The number of amides is 2. The number of hydrogen-bond acceptors (Lipinski definition) is 5. The van der Waals surface area contributed by atoms with Crippen LogP contribution in [-0.2, 0) is 32.8 Å². The first-order chi connectivity index (χ1) is 19.5. The minimum absolute atomic E-state index is 0.0767. The molecule has 41 heavy (non-hydrogen) atoms. The molecule has 3 rings (SSSR count). The summed E-state index contributed by atoms with van der Waals surface area (Å²) in [4.78, 5) is 29.4. The van der Waals surface area contributed by atoms with Crippen LogP contribution in [0.2, 0.25) is 0 Å². The molecule has 9 nitrogen and oxygen atoms in total. The Kier molecular flexibility index (Phi) is 11.3. The molecule has 0 spiro atoms. The highest BCUT2D eigenvalue weighted by Gasteiger charge is 2.34. The maximum atomic E-state index is 14.2. The van der Waals surface area contributed by atoms with Gasteiger partial charge in [-0.1, -0.05) is 74.5 Å². The van der Waals surface area contributed by atoms with Gasteiger partial charge in [-0.05, 0) is 41.3 Å². The molecule has 0 aromatic heterocycles. The molecule has 0 bridgehead atoms. The Morgan fingerprint density at radius 1 is 0.878 bits per heavy atom. The zero-order valence-corrected chi connectivity index (χ0v) is 25.2. The van der Waals surface area contributed by atoms with E-state index >= 15 is 0 Å². The van der Waals surface area contributed by atoms with E-state index in [-0.39, 0.29) is 24.8 Å². The number of nitrogens with one attached hydrogen (secondary N) is 1. The van der Waals surface area contributed by atoms with Crippen molar-refractivity contribution < 1.29 is 22.7 Å². The van der Waals surface area contributed by atoms with Gasteiger partial charge in [0.2, 0.25) is 11.8 Å². The second-order valence-electron chi connectivity index (χ2n) is 10.4. The number of para-hydroxylation sites is 1. The van der Waals surface area contributed by atoms with E-state index in [0.717, 1.165) is 19.7 Å². The van der Waals surface area contributed by atoms with Gasteiger partial charge in [0.15, 0.2) is 0 Å². The molecule has 0 fully saturated rings. The second kappa shape index (κ2) is 14.7. The molecule has 0 aliphatic carbocycles. The highest BCUT2D eigenvalue weighted by Crippen LogP contribution is 2.22. The molecule has 0 radical (unpaired) electrons. The van der Waals surface area contributed by atoms with Crippen molar-refractivity contribution in [2.45, 2.75) is 32.9 Å². The fourth-order valence-electron chi connectivity index (χ4n) is 4.26. The fraction of sp³-hybridized carbons (Fsp3) is 0.355. The third-order valence-corrected chi connectivity index (χ3v) is 8.33. The Balaban J connectivity index is 2.08. The first-order valence-corrected chi connectivity index (χ1v) is 14.9. The monoisotopic (exact) mass is 580 g/mol. The number of methoxy groups -OCH3 is 1. The Labute approximate surface area is 243 Å². The smallest absolute Gasteiger partial charge is 0.304 e. The van der Waals surface area contributed by atoms with E-state index < -0.39 is 28.7 Å². The number of carbonyl (C=O) groups is 2. The van der Waals surface area contributed by atoms with Crippen molar-refractivity contribution in [3.63, 3.8) is 0 Å². The van der Waals surface area contributed by atoms with Gasteiger partial charge in [-0.15, -0.1) is 0 Å². The molecular weight excluding hydrogens is 540 g/mol. The number of carbonyl (C=O) groups excluding carboxylic acids is 2. The van der Waals surface area contributed by atoms with E-state index in [1.54, 1.807) is 49.6 Å². The molecule has 0 saturated carbocycles. The van der Waals surface area contributed by atoms with E-state index in [0.29, 0.717) is 18.0 Å². The van der Waals surface area contributed by atoms with Gasteiger partial charge in [0.05, 0.1) is 12.8 Å². The van der Waals surface area contributed by atoms with Gasteiger partial charge in [0, 0.05) is 33.6 Å². The molecule has 0 aliphatic rings. The minimum Gasteiger partial charge on any atom is -0.497 e. The highest BCUT2D eigenvalue weighted by atomic mass is 32.2. The average molecular weight is 581 g/mol. The lowest BCUT2D eigenvalue weighted by molar-refractivity contribution is -0.140. The summed E-state index contributed by atoms with van der Waals surface area (Å²) in [5.74, 6) is 0.000728. The maximum absolute atomic E-state index is 14.2. The van der Waals surface area contributed by atoms with Crippen LogP contribution in [0.3, 0.4) is 0 Å². The fourth-order valence-corrected chi connectivity index (χ4v) is 5.31. The molecule has 1 atom stereocenters. The van der Waals surface area contributed by atoms with Crippen LogP contribution >= 0.6 is 0 Å². The third kappa shape index (κ3) is 8.80. The zero-order chi connectivity index (χ0) is 30.0. The number of ether oxygens (including phenoxy) is 1. The number of nitrogens with zero attached hydrogens (tertiary/aromatic N) is 3. The van der Waals surface area contributed by atoms with Crippen molar-refractivity contribution >= 4 is 27.7 Å². The first kappa shape index (κ1) is 31.6. The quantitative estimate of drug-likeness (QED) is 0.313. The van der Waals surface area contributed by atoms with E-state index in [9.17, 15) is 18.0 Å². The summed E-state index contributed by atoms with van der Waals surface area (Å²) >= 11 is 0. The standard InChI is InChI=1S/C31H40N4O5S/c1-24(2)21-32-31(37)29(20-25-13-8-6-9-14-25)34(22-26-15-12-18-28(19-26)40-5)30(36)23-35(41(38,39)33(3)4)27-16-10-7-11-17-27/h6-19,24,29H,20-23H2,1-5H3,(H,32,37)/t29-/m0/s1. The van der Waals surface area contributed by atoms with Crippen LogP contribution in [0.5, 0.6) is 5.75 Å². The van der Waals surface area contributed by atoms with Gasteiger partial charge < -0.3 is 15.0 Å². The van der Waals surface area contributed by atoms with E-state index in [2.05, 4.69) is 5.32 Å². The molecule has 10 heteroatoms. The number of benzene rings is 3. The van der Waals surface area contributed by atoms with Gasteiger partial charge in [0.25, 0.3) is 0 Å². The maximum Gasteiger partial charge on any atom is 0.304 e. The van der Waals surface area contributed by atoms with E-state index in [4.69, 9.17) is 4.74 Å². The van der Waals surface area contributed by atoms with E-state index in [1.165, 1.54) is 19.0 Å². The van der Waals surface area contributed by atoms with Gasteiger partial charge in [0.1, 0.15) is 18.3 Å². The molecule has 1 N–H and O–H groups in total. The summed E-state index contributed by atoms with van der Waals surface area (Å²) < 4.78 is 34.3. The Hall–Kier alpha value is -3.89. The summed E-state index contributed by atoms with van der Waals surface area (Å²) in [7, 11) is 0.363. The summed E-state index contributed by atoms with van der Waals surface area (Å²) in [6.07, 6.45) is 0.256. The van der Waals surface area contributed by atoms with Crippen molar-refractivity contribution in [1.29, 1.82) is 0 Å². The molecule has 0 aliphatic heterocycles. The van der Waals surface area contributed by atoms with Gasteiger partial charge in [-0.3, -0.25) is 9.59 Å². The Morgan fingerprint density at radius 3 is 2.07 bits per heavy atom. The van der Waals surface area contributed by atoms with Crippen LogP contribution in [0.15, 0.2) is 84.9 Å². The van der Waals surface area contributed by atoms with Gasteiger partial charge >= 0.3 is 10.2 Å². The van der Waals surface area contributed by atoms with Crippen molar-refractivity contribution in [2.24, 2.45) is 5.92 Å². The van der Waals surface area contributed by atoms with Crippen LogP contribution in [0.25, 0.3) is 0 Å². The average Bonchev–Trinajstić information content (AvgIpc) is 2.97. The Morgan fingerprint density at radius 2 is 1.49 bits per heavy atom. The zero-order valence-electron chi connectivity index (χ0n) is 24.4. The summed E-state index contributed by atoms with van der Waals surface area (Å²) in [5, 5.41) is 2.98. The molecule has 0 unspecified atom stereocenters. The van der Waals surface area contributed by atoms with Crippen molar-refractivity contribution in [3.8, 4) is 5.75 Å². The first-order valence-electron chi connectivity index (χ1n) is 13.5. The lowest BCUT2D eigenvalue weighted by Crippen LogP contribution is -2.54. The van der Waals surface area contributed by atoms with Crippen molar-refractivity contribution in [1.82, 2.24) is 14.5 Å². The number of rotatable bonds is 14. The Bertz CT molecular complexity index is 1380. The number of anilines is 1. The number of hydrogen-bond donors (Lipinski definition) is 1. The lowest BCUT2D eigenvalue weighted by atomic mass is 10.0. The van der Waals surface area contributed by atoms with Crippen LogP contribution in [0.4, 0.5) is 5.69 Å². The molecule has 0 heterocycles. The normalized spacial score (nSPS) is 12.2. The van der Waals surface area contributed by atoms with Gasteiger partial charge in [-0.25, -0.2) is 4.31 Å². The SMILES string of the molecule is COc1cccc(CN(C(=O)CN(c2ccccc2)S(=O)(=O)N(C)C)[C@@H](Cc2ccccc2)C(=O)NCC(C)C)c1. The van der Waals surface area contributed by atoms with Crippen LogP contribution in [0, 0.1) is 5.92 Å². The van der Waals surface area contributed by atoms with Crippen molar-refractivity contribution in [2.75, 3.05) is 38.6 Å². The predicted octanol–water partition coefficient (Wildman–Crippen LogP) is 3.72. The molecular formula is C31H40N4O5S. The summed E-state index contributed by atoms with van der Waals surface area (Å²) in [5.41, 5.74) is 1.97. The topological polar surface area (TPSA) is 99.3 Å². The molecule has 0 saturated heterocycles. The summed E-state index contributed by atoms with van der Waals surface area (Å²) in [6.45, 7) is 4.02. The minimum atomic E-state index is -4.03. The lowest BCUT2D eigenvalue weighted by Gasteiger charge is -2.34. The predicted molar refractivity (Wildman–Crippen MR) is 162 cm³/mol. The van der Waals surface area contributed by atoms with Gasteiger partial charge in [-0.2, -0.15) is 12.7 Å². The molecule has 3 aromatic rings. The third-order valence-electron chi connectivity index (χ3n) is 6.51. The van der Waals surface area contributed by atoms with Crippen molar-refractivity contribution in [3.05, 3.63) is 96.1 Å².